The summed E-state index contributed by atoms with van der Waals surface area (Å²) >= 11 is 0. The van der Waals surface area contributed by atoms with E-state index in [2.05, 4.69) is 9.71 Å². The Hall–Kier alpha value is -1.86. The molecule has 1 aromatic carbocycles. The van der Waals surface area contributed by atoms with E-state index in [-0.39, 0.29) is 16.5 Å². The van der Waals surface area contributed by atoms with Crippen LogP contribution in [0.2, 0.25) is 0 Å². The summed E-state index contributed by atoms with van der Waals surface area (Å²) in [6.07, 6.45) is 3.24. The molecule has 100 valence electrons. The lowest BCUT2D eigenvalue weighted by Gasteiger charge is -2.08. The van der Waals surface area contributed by atoms with E-state index < -0.39 is 16.0 Å². The van der Waals surface area contributed by atoms with Gasteiger partial charge in [0.15, 0.2) is 0 Å². The van der Waals surface area contributed by atoms with Gasteiger partial charge < -0.3 is 10.1 Å². The number of hydrogen-bond acceptors (Lipinski definition) is 3. The highest BCUT2D eigenvalue weighted by atomic mass is 32.2. The normalized spacial score (nSPS) is 15.8. The van der Waals surface area contributed by atoms with E-state index in [4.69, 9.17) is 5.11 Å². The molecule has 0 spiro atoms. The summed E-state index contributed by atoms with van der Waals surface area (Å²) in [7, 11) is -3.68. The third-order valence-electron chi connectivity index (χ3n) is 3.07. The van der Waals surface area contributed by atoms with Crippen molar-refractivity contribution in [2.45, 2.75) is 23.8 Å². The zero-order valence-electron chi connectivity index (χ0n) is 9.88. The highest BCUT2D eigenvalue weighted by Crippen LogP contribution is 2.27. The molecule has 1 aliphatic carbocycles. The minimum Gasteiger partial charge on any atom is -0.478 e. The zero-order valence-corrected chi connectivity index (χ0v) is 10.7. The average molecular weight is 280 g/mol. The van der Waals surface area contributed by atoms with Gasteiger partial charge in [-0.3, -0.25) is 0 Å². The third kappa shape index (κ3) is 2.22. The maximum Gasteiger partial charge on any atom is 0.335 e. The van der Waals surface area contributed by atoms with E-state index in [0.717, 1.165) is 12.8 Å². The van der Waals surface area contributed by atoms with Crippen LogP contribution in [0.5, 0.6) is 0 Å². The van der Waals surface area contributed by atoms with E-state index in [0.29, 0.717) is 10.9 Å². The van der Waals surface area contributed by atoms with Gasteiger partial charge in [-0.25, -0.2) is 17.9 Å². The number of aromatic amines is 1. The van der Waals surface area contributed by atoms with Gasteiger partial charge in [-0.15, -0.1) is 0 Å². The van der Waals surface area contributed by atoms with Gasteiger partial charge in [-0.05, 0) is 31.0 Å². The Balaban J connectivity index is 2.20. The van der Waals surface area contributed by atoms with Crippen LogP contribution >= 0.6 is 0 Å². The summed E-state index contributed by atoms with van der Waals surface area (Å²) in [6, 6.07) is 4.23. The molecule has 0 amide bonds. The minimum absolute atomic E-state index is 0.00977. The molecule has 3 rings (SSSR count). The molecule has 1 saturated carbocycles. The summed E-state index contributed by atoms with van der Waals surface area (Å²) in [4.78, 5) is 13.9. The number of rotatable bonds is 4. The number of aromatic carboxylic acids is 1. The van der Waals surface area contributed by atoms with Gasteiger partial charge >= 0.3 is 5.97 Å². The van der Waals surface area contributed by atoms with Gasteiger partial charge in [0.2, 0.25) is 10.0 Å². The first kappa shape index (κ1) is 12.2. The first-order valence-corrected chi connectivity index (χ1v) is 7.32. The molecule has 0 bridgehead atoms. The van der Waals surface area contributed by atoms with E-state index in [1.54, 1.807) is 12.3 Å². The van der Waals surface area contributed by atoms with Crippen molar-refractivity contribution in [3.05, 3.63) is 30.0 Å². The number of hydrogen-bond donors (Lipinski definition) is 3. The van der Waals surface area contributed by atoms with Crippen LogP contribution in [0, 0.1) is 0 Å². The topological polar surface area (TPSA) is 99.3 Å². The predicted molar refractivity (Wildman–Crippen MR) is 68.6 cm³/mol. The predicted octanol–water partition coefficient (Wildman–Crippen LogP) is 1.31. The summed E-state index contributed by atoms with van der Waals surface area (Å²) in [5.41, 5.74) is 0.446. The van der Waals surface area contributed by atoms with Crippen LogP contribution in [0.1, 0.15) is 23.2 Å². The Morgan fingerprint density at radius 2 is 2.11 bits per heavy atom. The molecular formula is C12H12N2O4S. The molecule has 0 saturated heterocycles. The molecule has 0 radical (unpaired) electrons. The molecule has 7 heteroatoms. The van der Waals surface area contributed by atoms with Gasteiger partial charge in [0, 0.05) is 23.1 Å². The summed E-state index contributed by atoms with van der Waals surface area (Å²) < 4.78 is 27.1. The van der Waals surface area contributed by atoms with Crippen molar-refractivity contribution < 1.29 is 18.3 Å². The molecule has 1 fully saturated rings. The maximum atomic E-state index is 12.3. The van der Waals surface area contributed by atoms with Crippen molar-refractivity contribution in [2.24, 2.45) is 0 Å². The molecule has 2 aromatic rings. The second kappa shape index (κ2) is 4.07. The largest absolute Gasteiger partial charge is 0.478 e. The maximum absolute atomic E-state index is 12.3. The van der Waals surface area contributed by atoms with E-state index in [1.807, 2.05) is 0 Å². The summed E-state index contributed by atoms with van der Waals surface area (Å²) in [5.74, 6) is -1.15. The fourth-order valence-corrected chi connectivity index (χ4v) is 3.51. The van der Waals surface area contributed by atoms with Crippen molar-refractivity contribution in [3.8, 4) is 0 Å². The van der Waals surface area contributed by atoms with Crippen LogP contribution in [0.3, 0.4) is 0 Å². The second-order valence-corrected chi connectivity index (χ2v) is 6.30. The summed E-state index contributed by atoms with van der Waals surface area (Å²) in [6.45, 7) is 0. The Labute approximate surface area is 109 Å². The fourth-order valence-electron chi connectivity index (χ4n) is 1.96. The van der Waals surface area contributed by atoms with Crippen LogP contribution in [-0.4, -0.2) is 30.5 Å². The molecule has 0 aliphatic heterocycles. The highest BCUT2D eigenvalue weighted by molar-refractivity contribution is 7.89. The molecule has 1 aromatic heterocycles. The van der Waals surface area contributed by atoms with Crippen LogP contribution in [-0.2, 0) is 10.0 Å². The molecule has 0 unspecified atom stereocenters. The highest BCUT2D eigenvalue weighted by Gasteiger charge is 2.29. The number of fused-ring (bicyclic) bond motifs is 1. The summed E-state index contributed by atoms with van der Waals surface area (Å²) in [5, 5.41) is 9.54. The van der Waals surface area contributed by atoms with Crippen LogP contribution in [0.15, 0.2) is 29.3 Å². The molecular weight excluding hydrogens is 268 g/mol. The Kier molecular flexibility index (Phi) is 2.61. The Bertz CT molecular complexity index is 759. The Morgan fingerprint density at radius 1 is 1.37 bits per heavy atom. The number of H-pyrrole nitrogens is 1. The molecule has 19 heavy (non-hydrogen) atoms. The number of carboxylic acids is 1. The Morgan fingerprint density at radius 3 is 2.74 bits per heavy atom. The lowest BCUT2D eigenvalue weighted by molar-refractivity contribution is 0.0697. The molecule has 3 N–H and O–H groups in total. The lowest BCUT2D eigenvalue weighted by atomic mass is 10.1. The SMILES string of the molecule is O=C(O)c1cc(S(=O)(=O)NC2CC2)c2cc[nH]c2c1. The molecule has 1 aliphatic rings. The van der Waals surface area contributed by atoms with E-state index in [1.165, 1.54) is 12.1 Å². The van der Waals surface area contributed by atoms with Crippen LogP contribution in [0.4, 0.5) is 0 Å². The second-order valence-electron chi connectivity index (χ2n) is 4.61. The minimum atomic E-state index is -3.68. The lowest BCUT2D eigenvalue weighted by Crippen LogP contribution is -2.26. The van der Waals surface area contributed by atoms with Gasteiger partial charge in [-0.1, -0.05) is 0 Å². The first-order chi connectivity index (χ1) is 8.97. The number of nitrogens with one attached hydrogen (secondary N) is 2. The van der Waals surface area contributed by atoms with Crippen LogP contribution < -0.4 is 4.72 Å². The first-order valence-electron chi connectivity index (χ1n) is 5.84. The molecule has 1 heterocycles. The quantitative estimate of drug-likeness (QED) is 0.786. The van der Waals surface area contributed by atoms with Gasteiger partial charge in [0.25, 0.3) is 0 Å². The van der Waals surface area contributed by atoms with Gasteiger partial charge in [-0.2, -0.15) is 0 Å². The third-order valence-corrected chi connectivity index (χ3v) is 4.63. The van der Waals surface area contributed by atoms with E-state index in [9.17, 15) is 13.2 Å². The van der Waals surface area contributed by atoms with Gasteiger partial charge in [0.05, 0.1) is 10.5 Å². The number of benzene rings is 1. The van der Waals surface area contributed by atoms with Gasteiger partial charge in [0.1, 0.15) is 0 Å². The molecule has 0 atom stereocenters. The van der Waals surface area contributed by atoms with Crippen LogP contribution in [0.25, 0.3) is 10.9 Å². The number of carbonyl (C=O) groups is 1. The average Bonchev–Trinajstić information content (AvgIpc) is 3.01. The molecule has 6 nitrogen and oxygen atoms in total. The standard InChI is InChI=1S/C12H12N2O4S/c15-12(16)7-5-10-9(3-4-13-10)11(6-7)19(17,18)14-8-1-2-8/h3-6,8,13-14H,1-2H2,(H,15,16). The van der Waals surface area contributed by atoms with Crippen molar-refractivity contribution in [1.29, 1.82) is 0 Å². The van der Waals surface area contributed by atoms with Crippen molar-refractivity contribution in [1.82, 2.24) is 9.71 Å². The number of sulfonamides is 1. The zero-order chi connectivity index (χ0) is 13.6. The number of carboxylic acid groups (broad SMARTS) is 1. The monoisotopic (exact) mass is 280 g/mol. The van der Waals surface area contributed by atoms with Crippen molar-refractivity contribution in [3.63, 3.8) is 0 Å². The van der Waals surface area contributed by atoms with Crippen molar-refractivity contribution in [2.75, 3.05) is 0 Å². The van der Waals surface area contributed by atoms with E-state index >= 15 is 0 Å². The number of aromatic nitrogens is 1. The van der Waals surface area contributed by atoms with Crippen molar-refractivity contribution >= 4 is 26.9 Å². The fraction of sp³-hybridized carbons (Fsp3) is 0.250. The smallest absolute Gasteiger partial charge is 0.335 e.